The van der Waals surface area contributed by atoms with Crippen molar-refractivity contribution in [2.75, 3.05) is 20.1 Å². The molecule has 29 heavy (non-hydrogen) atoms. The van der Waals surface area contributed by atoms with E-state index < -0.39 is 6.04 Å². The molecule has 1 unspecified atom stereocenters. The summed E-state index contributed by atoms with van der Waals surface area (Å²) in [5.41, 5.74) is 0.895. The van der Waals surface area contributed by atoms with Crippen molar-refractivity contribution < 1.29 is 18.6 Å². The van der Waals surface area contributed by atoms with E-state index in [0.717, 1.165) is 28.3 Å². The van der Waals surface area contributed by atoms with Crippen LogP contribution in [0.25, 0.3) is 0 Å². The topological polar surface area (TPSA) is 72.4 Å². The minimum atomic E-state index is -0.565. The molecule has 1 fully saturated rings. The van der Waals surface area contributed by atoms with Gasteiger partial charge in [0.1, 0.15) is 12.3 Å². The summed E-state index contributed by atoms with van der Waals surface area (Å²) in [5.74, 6) is 1.82. The highest BCUT2D eigenvalue weighted by Gasteiger charge is 2.57. The molecule has 3 aliphatic rings. The molecule has 0 radical (unpaired) electrons. The number of carbonyl (C=O) groups excluding carboxylic acids is 2. The van der Waals surface area contributed by atoms with Crippen molar-refractivity contribution in [1.82, 2.24) is 14.7 Å². The van der Waals surface area contributed by atoms with E-state index in [0.29, 0.717) is 18.9 Å². The number of hydrogen-bond acceptors (Lipinski definition) is 5. The van der Waals surface area contributed by atoms with Crippen LogP contribution in [0.5, 0.6) is 0 Å². The molecule has 2 aromatic rings. The number of likely N-dealkylation sites (N-methyl/N-ethyl adjacent to an activating group) is 1. The van der Waals surface area contributed by atoms with Gasteiger partial charge < -0.3 is 4.42 Å². The average Bonchev–Trinajstić information content (AvgIpc) is 3.43. The molecule has 1 saturated heterocycles. The molecular weight excluding hydrogens is 438 g/mol. The van der Waals surface area contributed by atoms with E-state index in [1.807, 2.05) is 41.3 Å². The molecule has 0 spiro atoms. The Labute approximate surface area is 175 Å². The van der Waals surface area contributed by atoms with Crippen LogP contribution in [0.1, 0.15) is 11.3 Å². The Morgan fingerprint density at radius 3 is 2.76 bits per heavy atom. The molecule has 0 saturated carbocycles. The van der Waals surface area contributed by atoms with E-state index in [1.54, 1.807) is 13.3 Å². The first kappa shape index (κ1) is 18.1. The molecule has 0 aliphatic carbocycles. The van der Waals surface area contributed by atoms with Crippen molar-refractivity contribution in [2.45, 2.75) is 19.1 Å². The molecule has 0 bridgehead atoms. The van der Waals surface area contributed by atoms with E-state index in [9.17, 15) is 9.59 Å². The fourth-order valence-electron chi connectivity index (χ4n) is 3.97. The van der Waals surface area contributed by atoms with Crippen molar-refractivity contribution in [3.8, 4) is 0 Å². The van der Waals surface area contributed by atoms with Gasteiger partial charge in [-0.1, -0.05) is 33.1 Å². The van der Waals surface area contributed by atoms with Crippen LogP contribution < -0.4 is 0 Å². The Kier molecular flexibility index (Phi) is 4.27. The third-order valence-corrected chi connectivity index (χ3v) is 5.99. The minimum Gasteiger partial charge on any atom is -0.466 e. The Balaban J connectivity index is 1.44. The largest absolute Gasteiger partial charge is 0.466 e. The Morgan fingerprint density at radius 2 is 2.03 bits per heavy atom. The van der Waals surface area contributed by atoms with Gasteiger partial charge in [-0.3, -0.25) is 19.2 Å². The molecule has 8 nitrogen and oxygen atoms in total. The zero-order chi connectivity index (χ0) is 20.1. The lowest BCUT2D eigenvalue weighted by atomic mass is 10.1. The Morgan fingerprint density at radius 1 is 1.24 bits per heavy atom. The summed E-state index contributed by atoms with van der Waals surface area (Å²) < 4.78 is 8.48. The van der Waals surface area contributed by atoms with Crippen LogP contribution >= 0.6 is 15.9 Å². The van der Waals surface area contributed by atoms with E-state index in [2.05, 4.69) is 25.5 Å². The van der Waals surface area contributed by atoms with Crippen LogP contribution in [0.2, 0.25) is 0 Å². The summed E-state index contributed by atoms with van der Waals surface area (Å²) in [6.45, 7) is 2.24. The van der Waals surface area contributed by atoms with Gasteiger partial charge in [0.05, 0.1) is 25.9 Å². The number of halogens is 1. The lowest BCUT2D eigenvalue weighted by molar-refractivity contribution is -0.537. The molecule has 4 heterocycles. The maximum atomic E-state index is 13.3. The first-order valence-electron chi connectivity index (χ1n) is 9.36. The van der Waals surface area contributed by atoms with Gasteiger partial charge in [-0.2, -0.15) is 0 Å². The third kappa shape index (κ3) is 2.96. The molecule has 1 aromatic carbocycles. The number of urea groups is 1. The number of guanidine groups is 1. The second-order valence-electron chi connectivity index (χ2n) is 7.26. The normalized spacial score (nSPS) is 21.1. The van der Waals surface area contributed by atoms with Gasteiger partial charge in [-0.15, -0.1) is 0 Å². The van der Waals surface area contributed by atoms with Gasteiger partial charge in [0.2, 0.25) is 11.9 Å². The number of amides is 3. The maximum Gasteiger partial charge on any atom is 0.393 e. The Bertz CT molecular complexity index is 1040. The van der Waals surface area contributed by atoms with Gasteiger partial charge in [-0.05, 0) is 29.8 Å². The first-order chi connectivity index (χ1) is 14.0. The molecule has 3 aliphatic heterocycles. The van der Waals surface area contributed by atoms with E-state index in [1.165, 1.54) is 9.80 Å². The standard InChI is InChI=1S/C20H19BrN5O3/c1-23-17-16(18(27)26(20(23)28)11-13-4-6-14(21)7-5-13)25-9-8-24(19(25)22-17)12-15-3-2-10-29-15/h2-7,10,16H,8-9,11-12H2,1H3/q+1. The highest BCUT2D eigenvalue weighted by atomic mass is 79.9. The summed E-state index contributed by atoms with van der Waals surface area (Å²) in [7, 11) is 1.68. The maximum absolute atomic E-state index is 13.3. The van der Waals surface area contributed by atoms with Crippen molar-refractivity contribution >= 4 is 39.7 Å². The monoisotopic (exact) mass is 456 g/mol. The number of amidine groups is 1. The van der Waals surface area contributed by atoms with Crippen LogP contribution in [-0.2, 0) is 17.9 Å². The van der Waals surface area contributed by atoms with Crippen LogP contribution in [-0.4, -0.2) is 69.2 Å². The zero-order valence-corrected chi connectivity index (χ0v) is 17.4. The number of carbonyl (C=O) groups is 2. The van der Waals surface area contributed by atoms with Crippen molar-refractivity contribution in [2.24, 2.45) is 4.99 Å². The second kappa shape index (κ2) is 6.84. The predicted octanol–water partition coefficient (Wildman–Crippen LogP) is 2.10. The van der Waals surface area contributed by atoms with Crippen LogP contribution in [0.15, 0.2) is 56.5 Å². The third-order valence-electron chi connectivity index (χ3n) is 5.46. The number of nitrogens with zero attached hydrogens (tertiary/aromatic N) is 5. The molecule has 1 atom stereocenters. The number of fused-ring (bicyclic) bond motifs is 3. The van der Waals surface area contributed by atoms with E-state index in [-0.39, 0.29) is 18.5 Å². The van der Waals surface area contributed by atoms with Crippen LogP contribution in [0, 0.1) is 0 Å². The van der Waals surface area contributed by atoms with Crippen molar-refractivity contribution in [3.63, 3.8) is 0 Å². The molecule has 9 heteroatoms. The fourth-order valence-corrected chi connectivity index (χ4v) is 4.24. The molecule has 5 rings (SSSR count). The summed E-state index contributed by atoms with van der Waals surface area (Å²) >= 11 is 3.41. The fraction of sp³-hybridized carbons (Fsp3) is 0.300. The van der Waals surface area contributed by atoms with Crippen LogP contribution in [0.3, 0.4) is 0 Å². The highest BCUT2D eigenvalue weighted by molar-refractivity contribution is 9.10. The van der Waals surface area contributed by atoms with Crippen molar-refractivity contribution in [3.05, 3.63) is 58.5 Å². The predicted molar refractivity (Wildman–Crippen MR) is 108 cm³/mol. The highest BCUT2D eigenvalue weighted by Crippen LogP contribution is 2.27. The second-order valence-corrected chi connectivity index (χ2v) is 8.17. The molecular formula is C20H19BrN5O3+. The SMILES string of the molecule is CN1C(=O)N(Cc2ccc(Br)cc2)C(=O)C2C1=NC1=[N+](Cc3ccco3)CCN12. The van der Waals surface area contributed by atoms with Gasteiger partial charge in [-0.25, -0.2) is 9.69 Å². The number of benzene rings is 1. The van der Waals surface area contributed by atoms with Gasteiger partial charge >= 0.3 is 12.0 Å². The van der Waals surface area contributed by atoms with Gasteiger partial charge in [0, 0.05) is 11.5 Å². The summed E-state index contributed by atoms with van der Waals surface area (Å²) in [6.07, 6.45) is 1.64. The summed E-state index contributed by atoms with van der Waals surface area (Å²) in [6, 6.07) is 10.5. The van der Waals surface area contributed by atoms with Gasteiger partial charge in [0.25, 0.3) is 5.91 Å². The lowest BCUT2D eigenvalue weighted by Crippen LogP contribution is -2.63. The van der Waals surface area contributed by atoms with E-state index in [4.69, 9.17) is 4.42 Å². The number of imide groups is 1. The zero-order valence-electron chi connectivity index (χ0n) is 15.8. The minimum absolute atomic E-state index is 0.232. The summed E-state index contributed by atoms with van der Waals surface area (Å²) in [4.78, 5) is 35.6. The quantitative estimate of drug-likeness (QED) is 0.660. The Hall–Kier alpha value is -2.94. The number of aliphatic imine (C=N–C) groups is 1. The van der Waals surface area contributed by atoms with Crippen LogP contribution in [0.4, 0.5) is 4.79 Å². The van der Waals surface area contributed by atoms with E-state index >= 15 is 0 Å². The molecule has 148 valence electrons. The smallest absolute Gasteiger partial charge is 0.393 e. The molecule has 3 amide bonds. The summed E-state index contributed by atoms with van der Waals surface area (Å²) in [5, 5.41) is 0. The molecule has 0 N–H and O–H groups in total. The number of furan rings is 1. The average molecular weight is 457 g/mol. The first-order valence-corrected chi connectivity index (χ1v) is 10.2. The lowest BCUT2D eigenvalue weighted by Gasteiger charge is -2.34. The number of hydrogen-bond donors (Lipinski definition) is 0. The molecule has 1 aromatic heterocycles. The van der Waals surface area contributed by atoms with Gasteiger partial charge in [0.15, 0.2) is 0 Å². The van der Waals surface area contributed by atoms with Crippen molar-refractivity contribution in [1.29, 1.82) is 0 Å². The number of rotatable bonds is 4.